The number of rotatable bonds is 0. The number of amidine groups is 1. The van der Waals surface area contributed by atoms with E-state index >= 15 is 0 Å². The third-order valence-corrected chi connectivity index (χ3v) is 1.66. The van der Waals surface area contributed by atoms with Gasteiger partial charge in [-0.2, -0.15) is 0 Å². The van der Waals surface area contributed by atoms with E-state index in [4.69, 9.17) is 0 Å². The van der Waals surface area contributed by atoms with Gasteiger partial charge in [0.25, 0.3) is 0 Å². The van der Waals surface area contributed by atoms with E-state index in [1.807, 2.05) is 6.92 Å². The molecular weight excluding hydrogens is 112 g/mol. The maximum atomic E-state index is 4.31. The molecule has 0 saturated heterocycles. The maximum absolute atomic E-state index is 4.31. The Morgan fingerprint density at radius 3 is 3.22 bits per heavy atom. The largest absolute Gasteiger partial charge is 0.374 e. The molecule has 0 radical (unpaired) electrons. The Morgan fingerprint density at radius 2 is 2.44 bits per heavy atom. The molecule has 1 N–H and O–H groups in total. The van der Waals surface area contributed by atoms with Crippen molar-refractivity contribution in [2.45, 2.75) is 20.3 Å². The molecule has 0 bridgehead atoms. The van der Waals surface area contributed by atoms with Crippen molar-refractivity contribution in [3.63, 3.8) is 0 Å². The normalized spacial score (nSPS) is 28.2. The Balaban J connectivity index is 2.42. The first-order valence-electron chi connectivity index (χ1n) is 3.54. The number of hydrogen-bond donors (Lipinski definition) is 1. The first-order valence-corrected chi connectivity index (χ1v) is 3.54. The van der Waals surface area contributed by atoms with Crippen LogP contribution in [0, 0.1) is 5.92 Å². The fourth-order valence-corrected chi connectivity index (χ4v) is 0.939. The summed E-state index contributed by atoms with van der Waals surface area (Å²) < 4.78 is 0. The van der Waals surface area contributed by atoms with E-state index in [9.17, 15) is 0 Å². The Morgan fingerprint density at radius 1 is 1.67 bits per heavy atom. The second kappa shape index (κ2) is 2.85. The van der Waals surface area contributed by atoms with Crippen LogP contribution in [0.3, 0.4) is 0 Å². The van der Waals surface area contributed by atoms with Crippen molar-refractivity contribution < 1.29 is 0 Å². The van der Waals surface area contributed by atoms with Gasteiger partial charge in [0.2, 0.25) is 0 Å². The molecule has 0 saturated carbocycles. The van der Waals surface area contributed by atoms with E-state index in [0.29, 0.717) is 0 Å². The average molecular weight is 126 g/mol. The van der Waals surface area contributed by atoms with Crippen LogP contribution in [0.15, 0.2) is 4.99 Å². The van der Waals surface area contributed by atoms with E-state index in [2.05, 4.69) is 17.2 Å². The molecular formula is C7H14N2. The Kier molecular flexibility index (Phi) is 2.09. The van der Waals surface area contributed by atoms with Gasteiger partial charge in [0.1, 0.15) is 0 Å². The molecule has 2 nitrogen and oxygen atoms in total. The summed E-state index contributed by atoms with van der Waals surface area (Å²) in [5.41, 5.74) is 0. The van der Waals surface area contributed by atoms with Crippen LogP contribution in [0.2, 0.25) is 0 Å². The van der Waals surface area contributed by atoms with Crippen LogP contribution >= 0.6 is 0 Å². The summed E-state index contributed by atoms with van der Waals surface area (Å²) in [6, 6.07) is 0. The van der Waals surface area contributed by atoms with Crippen molar-refractivity contribution >= 4 is 5.84 Å². The number of nitrogens with zero attached hydrogens (tertiary/aromatic N) is 1. The van der Waals surface area contributed by atoms with Gasteiger partial charge >= 0.3 is 0 Å². The van der Waals surface area contributed by atoms with Crippen molar-refractivity contribution in [1.82, 2.24) is 5.32 Å². The molecule has 9 heavy (non-hydrogen) atoms. The van der Waals surface area contributed by atoms with Gasteiger partial charge in [-0.1, -0.05) is 6.92 Å². The zero-order valence-corrected chi connectivity index (χ0v) is 6.15. The number of nitrogens with one attached hydrogen (secondary N) is 1. The van der Waals surface area contributed by atoms with E-state index in [1.165, 1.54) is 6.42 Å². The van der Waals surface area contributed by atoms with Crippen molar-refractivity contribution in [1.29, 1.82) is 0 Å². The van der Waals surface area contributed by atoms with E-state index in [1.54, 1.807) is 0 Å². The summed E-state index contributed by atoms with van der Waals surface area (Å²) in [5.74, 6) is 1.86. The smallest absolute Gasteiger partial charge is 0.0931 e. The molecule has 0 aromatic carbocycles. The van der Waals surface area contributed by atoms with Crippen LogP contribution in [0.5, 0.6) is 0 Å². The molecule has 1 unspecified atom stereocenters. The fraction of sp³-hybridized carbons (Fsp3) is 0.857. The predicted molar refractivity (Wildman–Crippen MR) is 39.8 cm³/mol. The zero-order valence-electron chi connectivity index (χ0n) is 6.15. The van der Waals surface area contributed by atoms with Gasteiger partial charge in [-0.25, -0.2) is 0 Å². The minimum absolute atomic E-state index is 0.759. The molecule has 0 spiro atoms. The van der Waals surface area contributed by atoms with Gasteiger partial charge in [0, 0.05) is 13.1 Å². The van der Waals surface area contributed by atoms with Gasteiger partial charge in [0.05, 0.1) is 5.84 Å². The van der Waals surface area contributed by atoms with Gasteiger partial charge in [0.15, 0.2) is 0 Å². The fourth-order valence-electron chi connectivity index (χ4n) is 0.939. The summed E-state index contributed by atoms with van der Waals surface area (Å²) in [6.07, 6.45) is 1.25. The molecule has 0 aliphatic carbocycles. The van der Waals surface area contributed by atoms with E-state index in [-0.39, 0.29) is 0 Å². The summed E-state index contributed by atoms with van der Waals surface area (Å²) in [4.78, 5) is 4.31. The van der Waals surface area contributed by atoms with E-state index in [0.717, 1.165) is 24.8 Å². The summed E-state index contributed by atoms with van der Waals surface area (Å²) >= 11 is 0. The summed E-state index contributed by atoms with van der Waals surface area (Å²) in [6.45, 7) is 6.36. The molecule has 1 aliphatic rings. The highest BCUT2D eigenvalue weighted by Gasteiger charge is 2.04. The van der Waals surface area contributed by atoms with Gasteiger partial charge < -0.3 is 5.32 Å². The zero-order chi connectivity index (χ0) is 6.69. The quantitative estimate of drug-likeness (QED) is 0.515. The standard InChI is InChI=1S/C7H14N2/c1-6-3-4-8-7(2)9-5-6/h6H,3-5H2,1-2H3,(H,8,9). The van der Waals surface area contributed by atoms with Crippen LogP contribution in [0.25, 0.3) is 0 Å². The minimum atomic E-state index is 0.759. The average Bonchev–Trinajstić information content (AvgIpc) is 1.97. The van der Waals surface area contributed by atoms with Crippen molar-refractivity contribution in [2.24, 2.45) is 10.9 Å². The van der Waals surface area contributed by atoms with Gasteiger partial charge in [-0.05, 0) is 19.3 Å². The first-order chi connectivity index (χ1) is 4.29. The Bertz CT molecular complexity index is 118. The molecule has 0 amide bonds. The van der Waals surface area contributed by atoms with Crippen LogP contribution in [-0.2, 0) is 0 Å². The third kappa shape index (κ3) is 2.04. The van der Waals surface area contributed by atoms with Crippen molar-refractivity contribution in [3.8, 4) is 0 Å². The van der Waals surface area contributed by atoms with Crippen LogP contribution < -0.4 is 5.32 Å². The molecule has 0 aromatic rings. The predicted octanol–water partition coefficient (Wildman–Crippen LogP) is 1.03. The van der Waals surface area contributed by atoms with Crippen molar-refractivity contribution in [2.75, 3.05) is 13.1 Å². The highest BCUT2D eigenvalue weighted by atomic mass is 15.0. The lowest BCUT2D eigenvalue weighted by molar-refractivity contribution is 0.557. The molecule has 1 aliphatic heterocycles. The minimum Gasteiger partial charge on any atom is -0.374 e. The molecule has 52 valence electrons. The monoisotopic (exact) mass is 126 g/mol. The highest BCUT2D eigenvalue weighted by molar-refractivity contribution is 5.79. The van der Waals surface area contributed by atoms with Crippen molar-refractivity contribution in [3.05, 3.63) is 0 Å². The van der Waals surface area contributed by atoms with Crippen LogP contribution in [0.4, 0.5) is 0 Å². The Labute approximate surface area is 56.4 Å². The number of hydrogen-bond acceptors (Lipinski definition) is 2. The lowest BCUT2D eigenvalue weighted by Crippen LogP contribution is -2.19. The molecule has 0 aromatic heterocycles. The topological polar surface area (TPSA) is 24.4 Å². The number of aliphatic imine (C=N–C) groups is 1. The first kappa shape index (κ1) is 6.59. The van der Waals surface area contributed by atoms with E-state index < -0.39 is 0 Å². The second-order valence-corrected chi connectivity index (χ2v) is 2.75. The lowest BCUT2D eigenvalue weighted by Gasteiger charge is -2.01. The second-order valence-electron chi connectivity index (χ2n) is 2.75. The summed E-state index contributed by atoms with van der Waals surface area (Å²) in [7, 11) is 0. The molecule has 2 heteroatoms. The molecule has 1 heterocycles. The lowest BCUT2D eigenvalue weighted by atomic mass is 10.1. The van der Waals surface area contributed by atoms with Crippen LogP contribution in [-0.4, -0.2) is 18.9 Å². The highest BCUT2D eigenvalue weighted by Crippen LogP contribution is 2.03. The van der Waals surface area contributed by atoms with Gasteiger partial charge in [-0.3, -0.25) is 4.99 Å². The Hall–Kier alpha value is -0.530. The third-order valence-electron chi connectivity index (χ3n) is 1.66. The molecule has 0 fully saturated rings. The van der Waals surface area contributed by atoms with Crippen LogP contribution in [0.1, 0.15) is 20.3 Å². The molecule has 1 rings (SSSR count). The van der Waals surface area contributed by atoms with Gasteiger partial charge in [-0.15, -0.1) is 0 Å². The SMILES string of the molecule is CC1=NCC(C)CCN1. The molecule has 1 atom stereocenters. The summed E-state index contributed by atoms with van der Waals surface area (Å²) in [5, 5.41) is 3.22. The maximum Gasteiger partial charge on any atom is 0.0931 e.